The number of rotatable bonds is 6. The Balaban J connectivity index is 1.27. The maximum Gasteiger partial charge on any atom is 0.240 e. The minimum absolute atomic E-state index is 0.145. The van der Waals surface area contributed by atoms with Crippen molar-refractivity contribution in [2.24, 2.45) is 5.92 Å². The number of carbonyl (C=O) groups is 1. The van der Waals surface area contributed by atoms with Gasteiger partial charge in [-0.3, -0.25) is 9.69 Å². The maximum atomic E-state index is 13.2. The van der Waals surface area contributed by atoms with Gasteiger partial charge in [-0.25, -0.2) is 13.1 Å². The Morgan fingerprint density at radius 2 is 1.91 bits per heavy atom. The normalized spacial score (nSPS) is 19.3. The number of likely N-dealkylation sites (tertiary alicyclic amines) is 1. The summed E-state index contributed by atoms with van der Waals surface area (Å²) in [6.07, 6.45) is 3.21. The van der Waals surface area contributed by atoms with E-state index in [0.29, 0.717) is 24.4 Å². The number of fused-ring (bicyclic) bond motifs is 3. The van der Waals surface area contributed by atoms with Gasteiger partial charge in [0.2, 0.25) is 10.0 Å². The monoisotopic (exact) mass is 465 g/mol. The molecule has 1 fully saturated rings. The average molecular weight is 466 g/mol. The minimum Gasteiger partial charge on any atom is -0.358 e. The molecule has 1 aromatic heterocycles. The van der Waals surface area contributed by atoms with E-state index in [1.54, 1.807) is 13.0 Å². The third-order valence-electron chi connectivity index (χ3n) is 7.03. The van der Waals surface area contributed by atoms with Gasteiger partial charge >= 0.3 is 0 Å². The second-order valence-corrected chi connectivity index (χ2v) is 11.4. The largest absolute Gasteiger partial charge is 0.358 e. The molecule has 1 aliphatic carbocycles. The number of Topliss-reactive ketones (excluding diaryl/α,β-unsaturated/α-hetero) is 1. The number of benzene rings is 2. The van der Waals surface area contributed by atoms with E-state index in [-0.39, 0.29) is 10.7 Å². The first-order valence-electron chi connectivity index (χ1n) is 11.8. The molecule has 1 atom stereocenters. The second-order valence-electron chi connectivity index (χ2n) is 9.65. The van der Waals surface area contributed by atoms with Gasteiger partial charge in [0.25, 0.3) is 0 Å². The number of aromatic amines is 1. The number of nitrogens with zero attached hydrogens (tertiary/aromatic N) is 1. The predicted octanol–water partition coefficient (Wildman–Crippen LogP) is 4.10. The van der Waals surface area contributed by atoms with E-state index in [2.05, 4.69) is 45.8 Å². The third kappa shape index (κ3) is 4.50. The van der Waals surface area contributed by atoms with Crippen molar-refractivity contribution in [1.29, 1.82) is 0 Å². The lowest BCUT2D eigenvalue weighted by Crippen LogP contribution is -2.31. The van der Waals surface area contributed by atoms with Crippen LogP contribution in [-0.4, -0.2) is 43.7 Å². The van der Waals surface area contributed by atoms with E-state index in [1.807, 2.05) is 6.07 Å². The SMILES string of the molecule is Cc1ccc(CN2CCC(CNS(=O)(=O)c3cc4[nH]c5c(c4cc3C)C(=O)CCC5)C2)cc1. The molecule has 0 amide bonds. The van der Waals surface area contributed by atoms with Crippen molar-refractivity contribution in [2.75, 3.05) is 19.6 Å². The molecule has 1 unspecified atom stereocenters. The van der Waals surface area contributed by atoms with E-state index in [1.165, 1.54) is 11.1 Å². The van der Waals surface area contributed by atoms with Gasteiger partial charge in [0.05, 0.1) is 4.90 Å². The van der Waals surface area contributed by atoms with Crippen LogP contribution in [0.5, 0.6) is 0 Å². The molecular formula is C26H31N3O3S. The number of ketones is 1. The molecule has 2 aromatic carbocycles. The van der Waals surface area contributed by atoms with Crippen molar-refractivity contribution >= 4 is 26.7 Å². The van der Waals surface area contributed by atoms with Crippen LogP contribution in [-0.2, 0) is 23.0 Å². The number of carbonyl (C=O) groups excluding carboxylic acids is 1. The van der Waals surface area contributed by atoms with E-state index in [0.717, 1.165) is 61.1 Å². The van der Waals surface area contributed by atoms with Gasteiger partial charge in [-0.2, -0.15) is 0 Å². The van der Waals surface area contributed by atoms with E-state index in [9.17, 15) is 13.2 Å². The average Bonchev–Trinajstić information content (AvgIpc) is 3.38. The lowest BCUT2D eigenvalue weighted by molar-refractivity contribution is 0.0974. The Labute approximate surface area is 195 Å². The molecule has 0 bridgehead atoms. The summed E-state index contributed by atoms with van der Waals surface area (Å²) in [5.74, 6) is 0.441. The Kier molecular flexibility index (Phi) is 5.89. The van der Waals surface area contributed by atoms with Gasteiger partial charge < -0.3 is 4.98 Å². The predicted molar refractivity (Wildman–Crippen MR) is 130 cm³/mol. The Hall–Kier alpha value is -2.48. The summed E-state index contributed by atoms with van der Waals surface area (Å²) in [6, 6.07) is 12.1. The van der Waals surface area contributed by atoms with Gasteiger partial charge in [0.15, 0.2) is 5.78 Å². The number of H-pyrrole nitrogens is 1. The van der Waals surface area contributed by atoms with Gasteiger partial charge in [-0.1, -0.05) is 29.8 Å². The van der Waals surface area contributed by atoms with E-state index >= 15 is 0 Å². The lowest BCUT2D eigenvalue weighted by Gasteiger charge is -2.17. The fourth-order valence-electron chi connectivity index (χ4n) is 5.21. The highest BCUT2D eigenvalue weighted by Crippen LogP contribution is 2.32. The highest BCUT2D eigenvalue weighted by molar-refractivity contribution is 7.89. The maximum absolute atomic E-state index is 13.2. The molecule has 0 spiro atoms. The molecule has 1 saturated heterocycles. The Bertz CT molecular complexity index is 1310. The van der Waals surface area contributed by atoms with Crippen LogP contribution in [0.1, 0.15) is 52.0 Å². The van der Waals surface area contributed by atoms with Crippen molar-refractivity contribution in [2.45, 2.75) is 51.0 Å². The minimum atomic E-state index is -3.64. The number of hydrogen-bond donors (Lipinski definition) is 2. The summed E-state index contributed by atoms with van der Waals surface area (Å²) in [5, 5.41) is 0.841. The zero-order valence-corrected chi connectivity index (χ0v) is 20.1. The molecule has 7 heteroatoms. The highest BCUT2D eigenvalue weighted by atomic mass is 32.2. The lowest BCUT2D eigenvalue weighted by atomic mass is 9.94. The molecule has 2 aliphatic rings. The standard InChI is InChI=1S/C26H31N3O3S/c1-17-6-8-19(9-7-17)15-29-11-10-20(16-29)14-27-33(31,32)25-13-23-21(12-18(25)2)26-22(28-23)4-3-5-24(26)30/h6-9,12-13,20,27-28H,3-5,10-11,14-16H2,1-2H3. The van der Waals surface area contributed by atoms with Crippen LogP contribution in [0.4, 0.5) is 0 Å². The molecule has 174 valence electrons. The third-order valence-corrected chi connectivity index (χ3v) is 8.60. The zero-order chi connectivity index (χ0) is 23.2. The van der Waals surface area contributed by atoms with Crippen molar-refractivity contribution in [3.8, 4) is 0 Å². The molecule has 6 nitrogen and oxygen atoms in total. The molecule has 3 aromatic rings. The summed E-state index contributed by atoms with van der Waals surface area (Å²) >= 11 is 0. The number of aryl methyl sites for hydroxylation is 3. The fraction of sp³-hybridized carbons (Fsp3) is 0.423. The molecule has 5 rings (SSSR count). The summed E-state index contributed by atoms with van der Waals surface area (Å²) in [6.45, 7) is 7.09. The number of aromatic nitrogens is 1. The van der Waals surface area contributed by atoms with Crippen LogP contribution >= 0.6 is 0 Å². The molecule has 2 N–H and O–H groups in total. The fourth-order valence-corrected chi connectivity index (χ4v) is 6.58. The molecular weight excluding hydrogens is 434 g/mol. The molecule has 33 heavy (non-hydrogen) atoms. The molecule has 1 aliphatic heterocycles. The van der Waals surface area contributed by atoms with Crippen LogP contribution in [0.15, 0.2) is 41.3 Å². The smallest absolute Gasteiger partial charge is 0.240 e. The topological polar surface area (TPSA) is 82.3 Å². The molecule has 2 heterocycles. The van der Waals surface area contributed by atoms with Crippen molar-refractivity contribution in [1.82, 2.24) is 14.6 Å². The second kappa shape index (κ2) is 8.70. The van der Waals surface area contributed by atoms with Crippen LogP contribution < -0.4 is 4.72 Å². The number of hydrogen-bond acceptors (Lipinski definition) is 4. The van der Waals surface area contributed by atoms with Crippen molar-refractivity contribution < 1.29 is 13.2 Å². The molecule has 0 saturated carbocycles. The quantitative estimate of drug-likeness (QED) is 0.574. The summed E-state index contributed by atoms with van der Waals surface area (Å²) in [7, 11) is -3.64. The summed E-state index contributed by atoms with van der Waals surface area (Å²) in [4.78, 5) is 18.4. The first kappa shape index (κ1) is 22.3. The van der Waals surface area contributed by atoms with Crippen LogP contribution in [0, 0.1) is 19.8 Å². The van der Waals surface area contributed by atoms with Crippen LogP contribution in [0.3, 0.4) is 0 Å². The van der Waals surface area contributed by atoms with E-state index < -0.39 is 10.0 Å². The Morgan fingerprint density at radius 1 is 1.12 bits per heavy atom. The van der Waals surface area contributed by atoms with Crippen LogP contribution in [0.2, 0.25) is 0 Å². The number of sulfonamides is 1. The van der Waals surface area contributed by atoms with Crippen molar-refractivity contribution in [3.05, 3.63) is 64.3 Å². The van der Waals surface area contributed by atoms with Gasteiger partial charge in [0.1, 0.15) is 0 Å². The van der Waals surface area contributed by atoms with Crippen LogP contribution in [0.25, 0.3) is 10.9 Å². The van der Waals surface area contributed by atoms with Gasteiger partial charge in [-0.15, -0.1) is 0 Å². The van der Waals surface area contributed by atoms with Crippen molar-refractivity contribution in [3.63, 3.8) is 0 Å². The Morgan fingerprint density at radius 3 is 2.70 bits per heavy atom. The first-order valence-corrected chi connectivity index (χ1v) is 13.2. The van der Waals surface area contributed by atoms with Gasteiger partial charge in [0, 0.05) is 48.2 Å². The first-order chi connectivity index (χ1) is 15.8. The summed E-state index contributed by atoms with van der Waals surface area (Å²) < 4.78 is 29.2. The highest BCUT2D eigenvalue weighted by Gasteiger charge is 2.27. The molecule has 0 radical (unpaired) electrons. The number of nitrogens with one attached hydrogen (secondary N) is 2. The van der Waals surface area contributed by atoms with Gasteiger partial charge in [-0.05, 0) is 68.8 Å². The zero-order valence-electron chi connectivity index (χ0n) is 19.3. The van der Waals surface area contributed by atoms with E-state index in [4.69, 9.17) is 0 Å². The summed E-state index contributed by atoms with van der Waals surface area (Å²) in [5.41, 5.74) is 5.62.